The summed E-state index contributed by atoms with van der Waals surface area (Å²) in [5, 5.41) is 13.3. The second-order valence-corrected chi connectivity index (χ2v) is 9.18. The standard InChI is InChI=1S/C23H33BClN3O2/c1-5-7-16(27-3)14-17(6-2)30-19-9-8-18(25)20-21(19)28(4)22(29)23(20)10-12-24(15-26)13-11-23/h8-9,16-17,27H,5-7,10-14H2,1-4H3. The molecule has 1 aromatic carbocycles. The fourth-order valence-corrected chi connectivity index (χ4v) is 5.52. The molecule has 1 saturated heterocycles. The first-order valence-corrected chi connectivity index (χ1v) is 11.6. The Balaban J connectivity index is 1.93. The summed E-state index contributed by atoms with van der Waals surface area (Å²) >= 11 is 6.67. The van der Waals surface area contributed by atoms with Crippen molar-refractivity contribution in [2.24, 2.45) is 0 Å². The fraction of sp³-hybridized carbons (Fsp3) is 0.652. The lowest BCUT2D eigenvalue weighted by molar-refractivity contribution is -0.123. The van der Waals surface area contributed by atoms with Gasteiger partial charge in [-0.15, -0.1) is 0 Å². The summed E-state index contributed by atoms with van der Waals surface area (Å²) in [6.07, 6.45) is 6.91. The van der Waals surface area contributed by atoms with Crippen molar-refractivity contribution in [2.45, 2.75) is 82.6 Å². The summed E-state index contributed by atoms with van der Waals surface area (Å²) in [7, 11) is 3.82. The van der Waals surface area contributed by atoms with Crippen molar-refractivity contribution in [3.8, 4) is 11.7 Å². The number of amides is 1. The van der Waals surface area contributed by atoms with E-state index in [1.807, 2.05) is 26.2 Å². The summed E-state index contributed by atoms with van der Waals surface area (Å²) in [4.78, 5) is 15.2. The molecule has 0 bridgehead atoms. The number of nitrogens with one attached hydrogen (secondary N) is 1. The minimum Gasteiger partial charge on any atom is -0.488 e. The van der Waals surface area contributed by atoms with Gasteiger partial charge in [0.2, 0.25) is 5.91 Å². The largest absolute Gasteiger partial charge is 0.488 e. The lowest BCUT2D eigenvalue weighted by Gasteiger charge is -2.33. The van der Waals surface area contributed by atoms with Crippen molar-refractivity contribution in [1.29, 1.82) is 5.26 Å². The van der Waals surface area contributed by atoms with Crippen LogP contribution in [0.2, 0.25) is 17.7 Å². The molecule has 1 aromatic rings. The van der Waals surface area contributed by atoms with Crippen LogP contribution < -0.4 is 15.0 Å². The summed E-state index contributed by atoms with van der Waals surface area (Å²) in [5.41, 5.74) is 1.10. The molecule has 5 nitrogen and oxygen atoms in total. The molecule has 1 spiro atoms. The quantitative estimate of drug-likeness (QED) is 0.600. The van der Waals surface area contributed by atoms with Gasteiger partial charge in [-0.05, 0) is 51.3 Å². The molecule has 7 heteroatoms. The van der Waals surface area contributed by atoms with Gasteiger partial charge in [0.1, 0.15) is 11.9 Å². The topological polar surface area (TPSA) is 65.4 Å². The van der Waals surface area contributed by atoms with Crippen LogP contribution in [0.25, 0.3) is 0 Å². The number of carbonyl (C=O) groups is 1. The van der Waals surface area contributed by atoms with Crippen molar-refractivity contribution in [1.82, 2.24) is 5.32 Å². The highest BCUT2D eigenvalue weighted by atomic mass is 35.5. The second-order valence-electron chi connectivity index (χ2n) is 8.78. The van der Waals surface area contributed by atoms with E-state index in [-0.39, 0.29) is 18.7 Å². The van der Waals surface area contributed by atoms with Gasteiger partial charge in [0.05, 0.1) is 11.1 Å². The maximum atomic E-state index is 13.4. The third-order valence-electron chi connectivity index (χ3n) is 6.98. The van der Waals surface area contributed by atoms with Crippen molar-refractivity contribution < 1.29 is 9.53 Å². The molecule has 0 aliphatic carbocycles. The van der Waals surface area contributed by atoms with Gasteiger partial charge in [-0.3, -0.25) is 4.79 Å². The molecule has 30 heavy (non-hydrogen) atoms. The van der Waals surface area contributed by atoms with E-state index in [0.717, 1.165) is 55.3 Å². The number of nitriles is 1. The summed E-state index contributed by atoms with van der Waals surface area (Å²) < 4.78 is 6.49. The van der Waals surface area contributed by atoms with E-state index < -0.39 is 5.41 Å². The highest BCUT2D eigenvalue weighted by Gasteiger charge is 2.54. The number of carbonyl (C=O) groups excluding carboxylic acids is 1. The molecule has 2 heterocycles. The third kappa shape index (κ3) is 4.07. The lowest BCUT2D eigenvalue weighted by atomic mass is 9.39. The molecule has 0 aromatic heterocycles. The lowest BCUT2D eigenvalue weighted by Crippen LogP contribution is -2.42. The molecule has 1 fully saturated rings. The Morgan fingerprint density at radius 3 is 2.63 bits per heavy atom. The van der Waals surface area contributed by atoms with Crippen molar-refractivity contribution >= 4 is 29.9 Å². The van der Waals surface area contributed by atoms with Gasteiger partial charge in [0, 0.05) is 29.6 Å². The van der Waals surface area contributed by atoms with Gasteiger partial charge in [-0.1, -0.05) is 44.5 Å². The van der Waals surface area contributed by atoms with Gasteiger partial charge >= 0.3 is 0 Å². The Bertz CT molecular complexity index is 817. The van der Waals surface area contributed by atoms with Crippen LogP contribution >= 0.6 is 11.6 Å². The second kappa shape index (κ2) is 9.62. The van der Waals surface area contributed by atoms with E-state index in [9.17, 15) is 10.1 Å². The van der Waals surface area contributed by atoms with Gasteiger partial charge < -0.3 is 15.0 Å². The normalized spacial score (nSPS) is 19.5. The van der Waals surface area contributed by atoms with Crippen molar-refractivity contribution in [3.63, 3.8) is 0 Å². The van der Waals surface area contributed by atoms with Crippen LogP contribution in [0.1, 0.15) is 57.9 Å². The van der Waals surface area contributed by atoms with Crippen LogP contribution in [0.5, 0.6) is 5.75 Å². The molecule has 2 atom stereocenters. The number of ether oxygens (including phenoxy) is 1. The predicted octanol–water partition coefficient (Wildman–Crippen LogP) is 4.84. The number of benzene rings is 1. The van der Waals surface area contributed by atoms with E-state index in [1.54, 1.807) is 4.90 Å². The highest BCUT2D eigenvalue weighted by Crippen LogP contribution is 2.55. The molecule has 2 aliphatic rings. The van der Waals surface area contributed by atoms with E-state index in [4.69, 9.17) is 16.3 Å². The Morgan fingerprint density at radius 2 is 2.07 bits per heavy atom. The number of nitrogens with zero attached hydrogens (tertiary/aromatic N) is 2. The average Bonchev–Trinajstić information content (AvgIpc) is 2.98. The minimum absolute atomic E-state index is 0.0255. The molecule has 162 valence electrons. The van der Waals surface area contributed by atoms with Crippen LogP contribution in [0, 0.1) is 11.2 Å². The van der Waals surface area contributed by atoms with Crippen LogP contribution in [-0.4, -0.2) is 38.9 Å². The van der Waals surface area contributed by atoms with Crippen LogP contribution in [-0.2, 0) is 10.2 Å². The van der Waals surface area contributed by atoms with Gasteiger partial charge in [-0.25, -0.2) is 5.26 Å². The molecule has 2 unspecified atom stereocenters. The summed E-state index contributed by atoms with van der Waals surface area (Å²) in [6.45, 7) is 4.36. The molecular formula is C23H33BClN3O2. The molecule has 1 amide bonds. The van der Waals surface area contributed by atoms with Gasteiger partial charge in [-0.2, -0.15) is 0 Å². The van der Waals surface area contributed by atoms with E-state index in [1.165, 1.54) is 0 Å². The van der Waals surface area contributed by atoms with Crippen molar-refractivity contribution in [3.05, 3.63) is 22.7 Å². The molecule has 2 aliphatic heterocycles. The molecule has 0 radical (unpaired) electrons. The Labute approximate surface area is 186 Å². The number of rotatable bonds is 8. The van der Waals surface area contributed by atoms with Crippen LogP contribution in [0.15, 0.2) is 12.1 Å². The first-order valence-electron chi connectivity index (χ1n) is 11.3. The summed E-state index contributed by atoms with van der Waals surface area (Å²) in [5.74, 6) is 3.19. The smallest absolute Gasteiger partial charge is 0.267 e. The van der Waals surface area contributed by atoms with E-state index >= 15 is 0 Å². The number of likely N-dealkylation sites (N-methyl/N-ethyl adjacent to an activating group) is 1. The van der Waals surface area contributed by atoms with Crippen molar-refractivity contribution in [2.75, 3.05) is 19.0 Å². The van der Waals surface area contributed by atoms with E-state index in [0.29, 0.717) is 23.9 Å². The minimum atomic E-state index is -0.620. The zero-order valence-corrected chi connectivity index (χ0v) is 19.4. The Hall–Kier alpha value is -1.71. The van der Waals surface area contributed by atoms with Gasteiger partial charge in [0.15, 0.2) is 0 Å². The van der Waals surface area contributed by atoms with Crippen LogP contribution in [0.3, 0.4) is 0 Å². The monoisotopic (exact) mass is 429 g/mol. The molecular weight excluding hydrogens is 397 g/mol. The van der Waals surface area contributed by atoms with Crippen LogP contribution in [0.4, 0.5) is 5.69 Å². The fourth-order valence-electron chi connectivity index (χ4n) is 5.19. The summed E-state index contributed by atoms with van der Waals surface area (Å²) in [6, 6.07) is 4.18. The maximum Gasteiger partial charge on any atom is 0.267 e. The predicted molar refractivity (Wildman–Crippen MR) is 124 cm³/mol. The zero-order valence-electron chi connectivity index (χ0n) is 18.6. The number of fused-ring (bicyclic) bond motifs is 2. The Kier molecular flexibility index (Phi) is 7.36. The first kappa shape index (κ1) is 23.0. The average molecular weight is 430 g/mol. The molecule has 0 saturated carbocycles. The zero-order chi connectivity index (χ0) is 21.9. The SMILES string of the molecule is CCCC(CC(CC)Oc1ccc(Cl)c2c1N(C)C(=O)C21CCB(C#N)CC1)NC. The highest BCUT2D eigenvalue weighted by molar-refractivity contribution is 6.67. The molecule has 1 N–H and O–H groups in total. The van der Waals surface area contributed by atoms with E-state index in [2.05, 4.69) is 25.1 Å². The Morgan fingerprint density at radius 1 is 1.37 bits per heavy atom. The first-order chi connectivity index (χ1) is 14.4. The number of hydrogen-bond acceptors (Lipinski definition) is 4. The number of anilines is 1. The number of hydrogen-bond donors (Lipinski definition) is 1. The van der Waals surface area contributed by atoms with Gasteiger partial charge in [0.25, 0.3) is 6.71 Å². The molecule has 3 rings (SSSR count). The third-order valence-corrected chi connectivity index (χ3v) is 7.30. The maximum absolute atomic E-state index is 13.4. The number of halogens is 1.